The van der Waals surface area contributed by atoms with E-state index in [1.54, 1.807) is 27.8 Å². The summed E-state index contributed by atoms with van der Waals surface area (Å²) in [4.78, 5) is 22.9. The van der Waals surface area contributed by atoms with Crippen LogP contribution in [0.1, 0.15) is 27.2 Å². The topological polar surface area (TPSA) is 88.7 Å². The van der Waals surface area contributed by atoms with E-state index in [1.165, 1.54) is 0 Å². The molecule has 3 N–H and O–H groups in total. The molecule has 1 heterocycles. The number of hydrazine groups is 1. The summed E-state index contributed by atoms with van der Waals surface area (Å²) in [6.45, 7) is 5.37. The van der Waals surface area contributed by atoms with Crippen LogP contribution in [-0.2, 0) is 19.1 Å². The van der Waals surface area contributed by atoms with Crippen LogP contribution >= 0.6 is 0 Å². The molecule has 1 atom stereocenters. The molecule has 0 aromatic carbocycles. The van der Waals surface area contributed by atoms with Gasteiger partial charge in [-0.15, -0.1) is 0 Å². The van der Waals surface area contributed by atoms with E-state index < -0.39 is 23.4 Å². The van der Waals surface area contributed by atoms with Crippen molar-refractivity contribution in [2.45, 2.75) is 38.6 Å². The third kappa shape index (κ3) is 4.29. The molecular weight excluding hydrogens is 226 g/mol. The molecule has 98 valence electrons. The lowest BCUT2D eigenvalue weighted by Gasteiger charge is -2.36. The van der Waals surface area contributed by atoms with Gasteiger partial charge in [-0.05, 0) is 27.8 Å². The van der Waals surface area contributed by atoms with E-state index in [0.29, 0.717) is 0 Å². The lowest BCUT2D eigenvalue weighted by Crippen LogP contribution is -2.68. The van der Waals surface area contributed by atoms with Crippen molar-refractivity contribution in [3.05, 3.63) is 0 Å². The van der Waals surface area contributed by atoms with Gasteiger partial charge in [0.25, 0.3) is 0 Å². The van der Waals surface area contributed by atoms with Gasteiger partial charge in [0.05, 0.1) is 0 Å². The number of carbonyl (C=O) groups is 2. The summed E-state index contributed by atoms with van der Waals surface area (Å²) in [5.41, 5.74) is 4.80. The molecule has 1 aliphatic rings. The molecule has 0 bridgehead atoms. The van der Waals surface area contributed by atoms with E-state index in [2.05, 4.69) is 16.2 Å². The molecule has 17 heavy (non-hydrogen) atoms. The largest absolute Gasteiger partial charge is 0.460 e. The number of nitrogens with one attached hydrogen (secondary N) is 3. The van der Waals surface area contributed by atoms with Gasteiger partial charge in [-0.1, -0.05) is 0 Å². The third-order valence-electron chi connectivity index (χ3n) is 2.03. The van der Waals surface area contributed by atoms with Crippen LogP contribution in [0, 0.1) is 0 Å². The zero-order chi connectivity index (χ0) is 13.1. The Bertz CT molecular complexity index is 313. The van der Waals surface area contributed by atoms with Crippen LogP contribution in [0.4, 0.5) is 0 Å². The first-order chi connectivity index (χ1) is 7.76. The van der Waals surface area contributed by atoms with E-state index in [4.69, 9.17) is 9.47 Å². The van der Waals surface area contributed by atoms with E-state index in [9.17, 15) is 9.59 Å². The van der Waals surface area contributed by atoms with Crippen molar-refractivity contribution in [3.8, 4) is 0 Å². The Morgan fingerprint density at radius 3 is 2.71 bits per heavy atom. The van der Waals surface area contributed by atoms with Crippen molar-refractivity contribution >= 4 is 11.9 Å². The van der Waals surface area contributed by atoms with Gasteiger partial charge in [-0.2, -0.15) is 0 Å². The van der Waals surface area contributed by atoms with Crippen molar-refractivity contribution in [1.29, 1.82) is 0 Å². The Morgan fingerprint density at radius 2 is 2.24 bits per heavy atom. The van der Waals surface area contributed by atoms with Gasteiger partial charge in [0.1, 0.15) is 18.6 Å². The highest BCUT2D eigenvalue weighted by Crippen LogP contribution is 2.15. The highest BCUT2D eigenvalue weighted by atomic mass is 16.6. The highest BCUT2D eigenvalue weighted by Gasteiger charge is 2.39. The zero-order valence-corrected chi connectivity index (χ0v) is 10.5. The molecule has 0 aromatic heterocycles. The molecule has 0 aromatic rings. The lowest BCUT2D eigenvalue weighted by atomic mass is 10.2. The average Bonchev–Trinajstić information content (AvgIpc) is 2.14. The SMILES string of the molecule is CNC1(CC(=O)OC(C)(C)C)NNCC(=O)O1. The van der Waals surface area contributed by atoms with Gasteiger partial charge in [-0.3, -0.25) is 14.9 Å². The van der Waals surface area contributed by atoms with Gasteiger partial charge in [-0.25, -0.2) is 10.9 Å². The quantitative estimate of drug-likeness (QED) is 0.563. The lowest BCUT2D eigenvalue weighted by molar-refractivity contribution is -0.187. The van der Waals surface area contributed by atoms with Gasteiger partial charge in [0.15, 0.2) is 0 Å². The second kappa shape index (κ2) is 4.99. The fraction of sp³-hybridized carbons (Fsp3) is 0.800. The molecule has 1 unspecified atom stereocenters. The maximum Gasteiger partial charge on any atom is 0.324 e. The first kappa shape index (κ1) is 13.9. The van der Waals surface area contributed by atoms with Crippen LogP contribution in [0.25, 0.3) is 0 Å². The molecule has 1 aliphatic heterocycles. The number of cyclic esters (lactones) is 1. The molecule has 0 amide bonds. The van der Waals surface area contributed by atoms with Crippen molar-refractivity contribution in [3.63, 3.8) is 0 Å². The maximum absolute atomic E-state index is 11.7. The summed E-state index contributed by atoms with van der Waals surface area (Å²) >= 11 is 0. The Kier molecular flexibility index (Phi) is 4.07. The van der Waals surface area contributed by atoms with Crippen molar-refractivity contribution in [1.82, 2.24) is 16.2 Å². The predicted molar refractivity (Wildman–Crippen MR) is 59.5 cm³/mol. The van der Waals surface area contributed by atoms with E-state index >= 15 is 0 Å². The van der Waals surface area contributed by atoms with E-state index in [-0.39, 0.29) is 13.0 Å². The summed E-state index contributed by atoms with van der Waals surface area (Å²) in [6, 6.07) is 0. The second-order valence-electron chi connectivity index (χ2n) is 4.79. The molecule has 0 saturated carbocycles. The Balaban J connectivity index is 2.62. The number of rotatable bonds is 3. The van der Waals surface area contributed by atoms with Crippen LogP contribution in [0.15, 0.2) is 0 Å². The first-order valence-corrected chi connectivity index (χ1v) is 5.39. The third-order valence-corrected chi connectivity index (χ3v) is 2.03. The van der Waals surface area contributed by atoms with Crippen LogP contribution in [-0.4, -0.2) is 37.0 Å². The highest BCUT2D eigenvalue weighted by molar-refractivity contribution is 5.75. The molecule has 0 spiro atoms. The normalized spacial score (nSPS) is 25.3. The van der Waals surface area contributed by atoms with Crippen LogP contribution in [0.2, 0.25) is 0 Å². The summed E-state index contributed by atoms with van der Waals surface area (Å²) in [5.74, 6) is -2.16. The van der Waals surface area contributed by atoms with Crippen molar-refractivity contribution < 1.29 is 19.1 Å². The molecule has 0 aliphatic carbocycles. The van der Waals surface area contributed by atoms with Gasteiger partial charge < -0.3 is 9.47 Å². The first-order valence-electron chi connectivity index (χ1n) is 5.39. The molecule has 0 radical (unpaired) electrons. The van der Waals surface area contributed by atoms with Crippen molar-refractivity contribution in [2.75, 3.05) is 13.6 Å². The number of hydrogen-bond acceptors (Lipinski definition) is 7. The minimum Gasteiger partial charge on any atom is -0.460 e. The molecule has 7 heteroatoms. The molecule has 1 rings (SSSR count). The Labute approximate surface area is 100 Å². The monoisotopic (exact) mass is 245 g/mol. The minimum atomic E-state index is -1.25. The summed E-state index contributed by atoms with van der Waals surface area (Å²) in [7, 11) is 1.58. The van der Waals surface area contributed by atoms with Gasteiger partial charge in [0, 0.05) is 0 Å². The Hall–Kier alpha value is -1.18. The molecular formula is C10H19N3O4. The van der Waals surface area contributed by atoms with Gasteiger partial charge >= 0.3 is 11.9 Å². The molecule has 1 saturated heterocycles. The second-order valence-corrected chi connectivity index (χ2v) is 4.79. The number of ether oxygens (including phenoxy) is 2. The smallest absolute Gasteiger partial charge is 0.324 e. The fourth-order valence-electron chi connectivity index (χ4n) is 1.38. The number of carbonyl (C=O) groups excluding carboxylic acids is 2. The van der Waals surface area contributed by atoms with Crippen LogP contribution in [0.3, 0.4) is 0 Å². The van der Waals surface area contributed by atoms with E-state index in [1.807, 2.05) is 0 Å². The molecule has 1 fully saturated rings. The Morgan fingerprint density at radius 1 is 1.59 bits per heavy atom. The van der Waals surface area contributed by atoms with Crippen LogP contribution in [0.5, 0.6) is 0 Å². The standard InChI is InChI=1S/C10H19N3O4/c1-9(2,3)16-7(14)5-10(11-4)13-12-6-8(15)17-10/h11-13H,5-6H2,1-4H3. The van der Waals surface area contributed by atoms with Gasteiger partial charge in [0.2, 0.25) is 5.85 Å². The summed E-state index contributed by atoms with van der Waals surface area (Å²) in [5, 5.41) is 2.75. The zero-order valence-electron chi connectivity index (χ0n) is 10.5. The van der Waals surface area contributed by atoms with Crippen LogP contribution < -0.4 is 16.2 Å². The van der Waals surface area contributed by atoms with Crippen molar-refractivity contribution in [2.24, 2.45) is 0 Å². The summed E-state index contributed by atoms with van der Waals surface area (Å²) in [6.07, 6.45) is -0.125. The summed E-state index contributed by atoms with van der Waals surface area (Å²) < 4.78 is 10.2. The predicted octanol–water partition coefficient (Wildman–Crippen LogP) is -0.758. The number of esters is 2. The maximum atomic E-state index is 11.7. The van der Waals surface area contributed by atoms with E-state index in [0.717, 1.165) is 0 Å². The molecule has 7 nitrogen and oxygen atoms in total. The average molecular weight is 245 g/mol. The fourth-order valence-corrected chi connectivity index (χ4v) is 1.38. The minimum absolute atomic E-state index is 0.0533. The number of hydrogen-bond donors (Lipinski definition) is 3.